The van der Waals surface area contributed by atoms with Crippen molar-refractivity contribution in [2.24, 2.45) is 5.92 Å². The molecule has 1 N–H and O–H groups in total. The number of nitrogens with zero attached hydrogens (tertiary/aromatic N) is 3. The Bertz CT molecular complexity index is 1040. The van der Waals surface area contributed by atoms with Gasteiger partial charge in [-0.1, -0.05) is 49.7 Å². The number of non-ortho nitro benzene ring substituents is 1. The van der Waals surface area contributed by atoms with Gasteiger partial charge in [-0.05, 0) is 23.6 Å². The molecule has 0 aliphatic rings. The van der Waals surface area contributed by atoms with E-state index in [0.29, 0.717) is 11.1 Å². The molecule has 2 unspecified atom stereocenters. The molecule has 1 aromatic heterocycles. The van der Waals surface area contributed by atoms with Gasteiger partial charge in [0.15, 0.2) is 0 Å². The van der Waals surface area contributed by atoms with E-state index in [2.05, 4.69) is 15.5 Å². The third kappa shape index (κ3) is 5.05. The van der Waals surface area contributed by atoms with E-state index < -0.39 is 11.0 Å². The van der Waals surface area contributed by atoms with Crippen LogP contribution in [-0.2, 0) is 11.2 Å². The van der Waals surface area contributed by atoms with Crippen molar-refractivity contribution in [1.29, 1.82) is 0 Å². The molecule has 2 atom stereocenters. The third-order valence-corrected chi connectivity index (χ3v) is 4.83. The van der Waals surface area contributed by atoms with Gasteiger partial charge in [-0.15, -0.1) is 0 Å². The predicted octanol–water partition coefficient (Wildman–Crippen LogP) is 4.23. The van der Waals surface area contributed by atoms with Gasteiger partial charge >= 0.3 is 0 Å². The molecule has 2 aromatic carbocycles. The summed E-state index contributed by atoms with van der Waals surface area (Å²) in [5, 5.41) is 17.8. The summed E-state index contributed by atoms with van der Waals surface area (Å²) in [6, 6.07) is 11.1. The van der Waals surface area contributed by atoms with Gasteiger partial charge in [-0.2, -0.15) is 4.98 Å². The Labute approximate surface area is 172 Å². The van der Waals surface area contributed by atoms with E-state index >= 15 is 0 Å². The van der Waals surface area contributed by atoms with E-state index in [1.54, 1.807) is 24.3 Å². The second kappa shape index (κ2) is 9.25. The molecule has 0 bridgehead atoms. The van der Waals surface area contributed by atoms with Gasteiger partial charge in [0.1, 0.15) is 11.9 Å². The molecular weight excluding hydrogens is 391 g/mol. The molecule has 30 heavy (non-hydrogen) atoms. The van der Waals surface area contributed by atoms with Crippen LogP contribution in [0.25, 0.3) is 11.4 Å². The smallest absolute Gasteiger partial charge is 0.270 e. The van der Waals surface area contributed by atoms with Crippen LogP contribution in [0, 0.1) is 21.8 Å². The lowest BCUT2D eigenvalue weighted by Crippen LogP contribution is -2.33. The zero-order valence-electron chi connectivity index (χ0n) is 16.5. The van der Waals surface area contributed by atoms with Crippen LogP contribution in [-0.4, -0.2) is 21.0 Å². The average molecular weight is 412 g/mol. The van der Waals surface area contributed by atoms with Gasteiger partial charge in [0.2, 0.25) is 17.6 Å². The molecule has 0 aliphatic heterocycles. The first-order valence-corrected chi connectivity index (χ1v) is 9.49. The number of halogens is 1. The van der Waals surface area contributed by atoms with Crippen molar-refractivity contribution in [3.63, 3.8) is 0 Å². The Hall–Kier alpha value is -3.62. The lowest BCUT2D eigenvalue weighted by Gasteiger charge is -2.20. The van der Waals surface area contributed by atoms with Crippen molar-refractivity contribution in [2.45, 2.75) is 32.7 Å². The zero-order valence-corrected chi connectivity index (χ0v) is 16.5. The minimum atomic E-state index is -0.525. The average Bonchev–Trinajstić information content (AvgIpc) is 3.23. The van der Waals surface area contributed by atoms with Crippen LogP contribution in [0.15, 0.2) is 53.1 Å². The van der Waals surface area contributed by atoms with Crippen molar-refractivity contribution in [3.8, 4) is 11.4 Å². The highest BCUT2D eigenvalue weighted by Gasteiger charge is 2.26. The minimum Gasteiger partial charge on any atom is -0.344 e. The highest BCUT2D eigenvalue weighted by molar-refractivity contribution is 5.79. The SMILES string of the molecule is CCC(C)C(NC(=O)Cc1ccc(F)cc1)c1nc(-c2cccc([N+](=O)[O-])c2)no1. The summed E-state index contributed by atoms with van der Waals surface area (Å²) < 4.78 is 18.4. The first-order valence-electron chi connectivity index (χ1n) is 9.49. The van der Waals surface area contributed by atoms with Crippen LogP contribution in [0.1, 0.15) is 37.8 Å². The second-order valence-corrected chi connectivity index (χ2v) is 7.00. The number of rotatable bonds is 8. The largest absolute Gasteiger partial charge is 0.344 e. The van der Waals surface area contributed by atoms with Crippen molar-refractivity contribution < 1.29 is 18.6 Å². The van der Waals surface area contributed by atoms with E-state index in [9.17, 15) is 19.3 Å². The summed E-state index contributed by atoms with van der Waals surface area (Å²) in [6.07, 6.45) is 0.828. The normalized spacial score (nSPS) is 12.9. The number of nitro groups is 1. The monoisotopic (exact) mass is 412 g/mol. The van der Waals surface area contributed by atoms with Crippen LogP contribution >= 0.6 is 0 Å². The van der Waals surface area contributed by atoms with Gasteiger partial charge in [-0.25, -0.2) is 4.39 Å². The molecular formula is C21H21FN4O4. The molecule has 0 aliphatic carbocycles. The van der Waals surface area contributed by atoms with Crippen molar-refractivity contribution in [1.82, 2.24) is 15.5 Å². The molecule has 156 valence electrons. The minimum absolute atomic E-state index is 0.000535. The lowest BCUT2D eigenvalue weighted by atomic mass is 9.98. The number of hydrogen-bond acceptors (Lipinski definition) is 6. The fourth-order valence-corrected chi connectivity index (χ4v) is 2.93. The van der Waals surface area contributed by atoms with Gasteiger partial charge in [0, 0.05) is 17.7 Å². The summed E-state index contributed by atoms with van der Waals surface area (Å²) in [6.45, 7) is 3.92. The Morgan fingerprint density at radius 2 is 2.00 bits per heavy atom. The maximum absolute atomic E-state index is 13.1. The highest BCUT2D eigenvalue weighted by atomic mass is 19.1. The molecule has 0 spiro atoms. The standard InChI is InChI=1S/C21H21FN4O4/c1-3-13(2)19(23-18(27)11-14-7-9-16(22)10-8-14)21-24-20(25-30-21)15-5-4-6-17(12-15)26(28)29/h4-10,12-13,19H,3,11H2,1-2H3,(H,23,27). The van der Waals surface area contributed by atoms with Crippen LogP contribution < -0.4 is 5.32 Å². The maximum Gasteiger partial charge on any atom is 0.270 e. The molecule has 1 amide bonds. The van der Waals surface area contributed by atoms with Crippen LogP contribution in [0.3, 0.4) is 0 Å². The Balaban J connectivity index is 1.79. The fraction of sp³-hybridized carbons (Fsp3) is 0.286. The van der Waals surface area contributed by atoms with Crippen LogP contribution in [0.5, 0.6) is 0 Å². The zero-order chi connectivity index (χ0) is 21.7. The molecule has 0 saturated heterocycles. The van der Waals surface area contributed by atoms with E-state index in [4.69, 9.17) is 4.52 Å². The molecule has 0 fully saturated rings. The molecule has 3 rings (SSSR count). The Morgan fingerprint density at radius 1 is 1.27 bits per heavy atom. The van der Waals surface area contributed by atoms with E-state index in [-0.39, 0.29) is 41.5 Å². The number of carbonyl (C=O) groups is 1. The summed E-state index contributed by atoms with van der Waals surface area (Å²) in [5.74, 6) is -0.202. The van der Waals surface area contributed by atoms with E-state index in [1.165, 1.54) is 24.3 Å². The van der Waals surface area contributed by atoms with Crippen molar-refractivity contribution >= 4 is 11.6 Å². The molecule has 0 saturated carbocycles. The number of nitrogens with one attached hydrogen (secondary N) is 1. The topological polar surface area (TPSA) is 111 Å². The summed E-state index contributed by atoms with van der Waals surface area (Å²) in [5.41, 5.74) is 1.05. The molecule has 0 radical (unpaired) electrons. The number of hydrogen-bond donors (Lipinski definition) is 1. The summed E-state index contributed by atoms with van der Waals surface area (Å²) >= 11 is 0. The number of amides is 1. The quantitative estimate of drug-likeness (QED) is 0.438. The van der Waals surface area contributed by atoms with E-state index in [1.807, 2.05) is 13.8 Å². The summed E-state index contributed by atoms with van der Waals surface area (Å²) in [7, 11) is 0. The lowest BCUT2D eigenvalue weighted by molar-refractivity contribution is -0.384. The van der Waals surface area contributed by atoms with E-state index in [0.717, 1.165) is 6.42 Å². The Morgan fingerprint density at radius 3 is 2.67 bits per heavy atom. The molecule has 1 heterocycles. The molecule has 3 aromatic rings. The number of nitro benzene ring substituents is 1. The van der Waals surface area contributed by atoms with Crippen molar-refractivity contribution in [2.75, 3.05) is 0 Å². The van der Waals surface area contributed by atoms with Gasteiger partial charge < -0.3 is 9.84 Å². The molecule has 8 nitrogen and oxygen atoms in total. The first kappa shape index (κ1) is 21.1. The first-order chi connectivity index (χ1) is 14.4. The third-order valence-electron chi connectivity index (χ3n) is 4.83. The van der Waals surface area contributed by atoms with Gasteiger partial charge in [-0.3, -0.25) is 14.9 Å². The van der Waals surface area contributed by atoms with Crippen LogP contribution in [0.4, 0.5) is 10.1 Å². The number of carbonyl (C=O) groups excluding carboxylic acids is 1. The highest BCUT2D eigenvalue weighted by Crippen LogP contribution is 2.27. The van der Waals surface area contributed by atoms with Gasteiger partial charge in [0.05, 0.1) is 11.3 Å². The fourth-order valence-electron chi connectivity index (χ4n) is 2.93. The second-order valence-electron chi connectivity index (χ2n) is 7.00. The van der Waals surface area contributed by atoms with Gasteiger partial charge in [0.25, 0.3) is 5.69 Å². The Kier molecular flexibility index (Phi) is 6.51. The summed E-state index contributed by atoms with van der Waals surface area (Å²) in [4.78, 5) is 27.4. The number of benzene rings is 2. The van der Waals surface area contributed by atoms with Crippen LogP contribution in [0.2, 0.25) is 0 Å². The van der Waals surface area contributed by atoms with Crippen molar-refractivity contribution in [3.05, 3.63) is 75.9 Å². The maximum atomic E-state index is 13.1. The number of aromatic nitrogens is 2. The molecule has 9 heteroatoms. The predicted molar refractivity (Wildman–Crippen MR) is 107 cm³/mol.